The molecule has 0 aromatic heterocycles. The van der Waals surface area contributed by atoms with Crippen LogP contribution >= 0.6 is 0 Å². The zero-order valence-corrected chi connectivity index (χ0v) is 10.8. The number of benzene rings is 1. The van der Waals surface area contributed by atoms with Gasteiger partial charge in [-0.15, -0.1) is 0 Å². The lowest BCUT2D eigenvalue weighted by atomic mass is 10.1. The first-order valence-corrected chi connectivity index (χ1v) is 5.92. The van der Waals surface area contributed by atoms with Crippen LogP contribution in [0.5, 0.6) is 0 Å². The number of para-hydroxylation sites is 1. The molecule has 0 radical (unpaired) electrons. The molecule has 0 aliphatic carbocycles. The lowest BCUT2D eigenvalue weighted by Gasteiger charge is -2.10. The Bertz CT molecular complexity index is 427. The second-order valence-corrected chi connectivity index (χ2v) is 3.86. The zero-order valence-electron chi connectivity index (χ0n) is 10.8. The van der Waals surface area contributed by atoms with Gasteiger partial charge in [-0.25, -0.2) is 4.79 Å². The van der Waals surface area contributed by atoms with E-state index < -0.39 is 5.97 Å². The van der Waals surface area contributed by atoms with Gasteiger partial charge in [0.15, 0.2) is 0 Å². The fourth-order valence-corrected chi connectivity index (χ4v) is 1.64. The van der Waals surface area contributed by atoms with Crippen molar-refractivity contribution in [2.75, 3.05) is 19.0 Å². The molecular weight excluding hydrogens is 230 g/mol. The van der Waals surface area contributed by atoms with E-state index in [1.165, 1.54) is 0 Å². The molecular formula is C14H19NO3. The molecule has 4 heteroatoms. The number of methoxy groups -OCH3 is 1. The minimum Gasteiger partial charge on any atom is -0.478 e. The van der Waals surface area contributed by atoms with Crippen LogP contribution in [0.25, 0.3) is 0 Å². The summed E-state index contributed by atoms with van der Waals surface area (Å²) in [5.74, 6) is -0.857. The van der Waals surface area contributed by atoms with Gasteiger partial charge in [0.05, 0.1) is 6.61 Å². The Balaban J connectivity index is 2.66. The average molecular weight is 249 g/mol. The van der Waals surface area contributed by atoms with Crippen LogP contribution in [0.4, 0.5) is 5.69 Å². The summed E-state index contributed by atoms with van der Waals surface area (Å²) in [6.07, 6.45) is 2.22. The Morgan fingerprint density at radius 1 is 1.44 bits per heavy atom. The number of carboxylic acid groups (broad SMARTS) is 1. The first kappa shape index (κ1) is 14.3. The number of ether oxygens (including phenoxy) is 1. The van der Waals surface area contributed by atoms with Crippen LogP contribution in [-0.2, 0) is 16.1 Å². The lowest BCUT2D eigenvalue weighted by Crippen LogP contribution is -2.06. The van der Waals surface area contributed by atoms with Crippen molar-refractivity contribution >= 4 is 11.7 Å². The van der Waals surface area contributed by atoms with Gasteiger partial charge < -0.3 is 15.2 Å². The van der Waals surface area contributed by atoms with E-state index in [-0.39, 0.29) is 0 Å². The highest BCUT2D eigenvalue weighted by atomic mass is 16.5. The number of rotatable bonds is 7. The Kier molecular flexibility index (Phi) is 5.94. The molecule has 0 aliphatic rings. The number of hydrogen-bond donors (Lipinski definition) is 2. The van der Waals surface area contributed by atoms with Crippen LogP contribution in [0, 0.1) is 0 Å². The minimum absolute atomic E-state index is 0.423. The molecule has 0 amide bonds. The first-order chi connectivity index (χ1) is 8.69. The summed E-state index contributed by atoms with van der Waals surface area (Å²) in [6, 6.07) is 7.81. The Labute approximate surface area is 107 Å². The van der Waals surface area contributed by atoms with Crippen LogP contribution in [0.15, 0.2) is 35.9 Å². The van der Waals surface area contributed by atoms with Gasteiger partial charge in [0, 0.05) is 30.5 Å². The summed E-state index contributed by atoms with van der Waals surface area (Å²) in [4.78, 5) is 10.8. The van der Waals surface area contributed by atoms with Gasteiger partial charge in [0.2, 0.25) is 0 Å². The molecule has 1 rings (SSSR count). The van der Waals surface area contributed by atoms with Gasteiger partial charge in [-0.1, -0.05) is 31.2 Å². The van der Waals surface area contributed by atoms with Gasteiger partial charge in [-0.3, -0.25) is 0 Å². The largest absolute Gasteiger partial charge is 0.478 e. The maximum absolute atomic E-state index is 10.8. The van der Waals surface area contributed by atoms with Crippen LogP contribution in [0.2, 0.25) is 0 Å². The van der Waals surface area contributed by atoms with E-state index in [1.807, 2.05) is 31.2 Å². The Hall–Kier alpha value is -1.81. The van der Waals surface area contributed by atoms with Crippen molar-refractivity contribution in [2.45, 2.75) is 20.0 Å². The molecule has 2 N–H and O–H groups in total. The predicted molar refractivity (Wildman–Crippen MR) is 71.7 cm³/mol. The minimum atomic E-state index is -0.857. The molecule has 1 aromatic carbocycles. The van der Waals surface area contributed by atoms with E-state index in [1.54, 1.807) is 13.2 Å². The van der Waals surface area contributed by atoms with Gasteiger partial charge in [-0.2, -0.15) is 0 Å². The quantitative estimate of drug-likeness (QED) is 0.729. The molecule has 0 bridgehead atoms. The third-order valence-corrected chi connectivity index (χ3v) is 2.61. The smallest absolute Gasteiger partial charge is 0.331 e. The van der Waals surface area contributed by atoms with Gasteiger partial charge in [0.1, 0.15) is 0 Å². The summed E-state index contributed by atoms with van der Waals surface area (Å²) in [5.41, 5.74) is 2.45. The molecule has 0 aliphatic heterocycles. The van der Waals surface area contributed by atoms with Crippen molar-refractivity contribution in [1.29, 1.82) is 0 Å². The second-order valence-electron chi connectivity index (χ2n) is 3.86. The summed E-state index contributed by atoms with van der Waals surface area (Å²) < 4.78 is 5.11. The van der Waals surface area contributed by atoms with Crippen molar-refractivity contribution in [3.63, 3.8) is 0 Å². The normalized spacial score (nSPS) is 11.3. The molecule has 0 fully saturated rings. The highest BCUT2D eigenvalue weighted by Crippen LogP contribution is 2.15. The summed E-state index contributed by atoms with van der Waals surface area (Å²) in [6.45, 7) is 2.86. The molecule has 0 atom stereocenters. The lowest BCUT2D eigenvalue weighted by molar-refractivity contribution is -0.132. The standard InChI is InChI=1S/C14H19NO3/c1-3-11(14(16)17)8-9-15-13-7-5-4-6-12(13)10-18-2/h4-8,15H,3,9-10H2,1-2H3,(H,16,17)/b11-8-. The first-order valence-electron chi connectivity index (χ1n) is 5.92. The maximum Gasteiger partial charge on any atom is 0.331 e. The van der Waals surface area contributed by atoms with Crippen molar-refractivity contribution in [3.8, 4) is 0 Å². The monoisotopic (exact) mass is 249 g/mol. The van der Waals surface area contributed by atoms with Crippen molar-refractivity contribution < 1.29 is 14.6 Å². The number of nitrogens with one attached hydrogen (secondary N) is 1. The topological polar surface area (TPSA) is 58.6 Å². The van der Waals surface area contributed by atoms with Crippen molar-refractivity contribution in [2.24, 2.45) is 0 Å². The van der Waals surface area contributed by atoms with E-state index in [0.717, 1.165) is 11.3 Å². The van der Waals surface area contributed by atoms with Crippen molar-refractivity contribution in [1.82, 2.24) is 0 Å². The fourth-order valence-electron chi connectivity index (χ4n) is 1.64. The molecule has 0 saturated carbocycles. The molecule has 4 nitrogen and oxygen atoms in total. The third-order valence-electron chi connectivity index (χ3n) is 2.61. The number of hydrogen-bond acceptors (Lipinski definition) is 3. The van der Waals surface area contributed by atoms with E-state index in [9.17, 15) is 4.79 Å². The van der Waals surface area contributed by atoms with E-state index in [2.05, 4.69) is 5.32 Å². The van der Waals surface area contributed by atoms with Gasteiger partial charge in [-0.05, 0) is 12.5 Å². The molecule has 0 heterocycles. The number of carbonyl (C=O) groups is 1. The Morgan fingerprint density at radius 2 is 2.17 bits per heavy atom. The number of carboxylic acids is 1. The number of anilines is 1. The van der Waals surface area contributed by atoms with E-state index in [4.69, 9.17) is 9.84 Å². The molecule has 98 valence electrons. The highest BCUT2D eigenvalue weighted by molar-refractivity contribution is 5.86. The van der Waals surface area contributed by atoms with Crippen LogP contribution < -0.4 is 5.32 Å². The second kappa shape index (κ2) is 7.50. The SMILES string of the molecule is CC/C(=C/CNc1ccccc1COC)C(=O)O. The predicted octanol–water partition coefficient (Wildman–Crippen LogP) is 2.67. The van der Waals surface area contributed by atoms with E-state index in [0.29, 0.717) is 25.1 Å². The average Bonchev–Trinajstić information content (AvgIpc) is 2.36. The van der Waals surface area contributed by atoms with Crippen LogP contribution in [0.1, 0.15) is 18.9 Å². The number of aliphatic carboxylic acids is 1. The molecule has 0 spiro atoms. The van der Waals surface area contributed by atoms with Gasteiger partial charge in [0.25, 0.3) is 0 Å². The maximum atomic E-state index is 10.8. The molecule has 1 aromatic rings. The van der Waals surface area contributed by atoms with Gasteiger partial charge >= 0.3 is 5.97 Å². The summed E-state index contributed by atoms with van der Waals surface area (Å²) in [7, 11) is 1.65. The zero-order chi connectivity index (χ0) is 13.4. The fraction of sp³-hybridized carbons (Fsp3) is 0.357. The van der Waals surface area contributed by atoms with E-state index >= 15 is 0 Å². The summed E-state index contributed by atoms with van der Waals surface area (Å²) >= 11 is 0. The molecule has 0 saturated heterocycles. The van der Waals surface area contributed by atoms with Crippen molar-refractivity contribution in [3.05, 3.63) is 41.5 Å². The highest BCUT2D eigenvalue weighted by Gasteiger charge is 2.03. The molecule has 0 unspecified atom stereocenters. The third kappa shape index (κ3) is 4.22. The molecule has 18 heavy (non-hydrogen) atoms. The van der Waals surface area contributed by atoms with Crippen LogP contribution in [-0.4, -0.2) is 24.7 Å². The Morgan fingerprint density at radius 3 is 2.78 bits per heavy atom. The summed E-state index contributed by atoms with van der Waals surface area (Å²) in [5, 5.41) is 12.1. The van der Waals surface area contributed by atoms with Crippen LogP contribution in [0.3, 0.4) is 0 Å².